The van der Waals surface area contributed by atoms with Gasteiger partial charge in [0.15, 0.2) is 0 Å². The number of rotatable bonds is 2. The van der Waals surface area contributed by atoms with Gasteiger partial charge in [-0.25, -0.2) is 0 Å². The lowest BCUT2D eigenvalue weighted by Gasteiger charge is -2.04. The first kappa shape index (κ1) is 8.84. The molecule has 3 heteroatoms. The third kappa shape index (κ3) is 1.63. The zero-order valence-electron chi connectivity index (χ0n) is 7.72. The molecule has 1 aromatic carbocycles. The van der Waals surface area contributed by atoms with Crippen molar-refractivity contribution in [2.24, 2.45) is 5.73 Å². The van der Waals surface area contributed by atoms with Crippen LogP contribution in [0.1, 0.15) is 5.56 Å². The number of nitrogens with zero attached hydrogens (tertiary/aromatic N) is 2. The summed E-state index contributed by atoms with van der Waals surface area (Å²) in [5.74, 6) is 0. The van der Waals surface area contributed by atoms with Crippen LogP contribution >= 0.6 is 0 Å². The highest BCUT2D eigenvalue weighted by molar-refractivity contribution is 5.62. The molecular formula is C11H11N3. The van der Waals surface area contributed by atoms with Gasteiger partial charge in [-0.05, 0) is 17.7 Å². The van der Waals surface area contributed by atoms with Gasteiger partial charge >= 0.3 is 0 Å². The Kier molecular flexibility index (Phi) is 2.51. The Balaban J connectivity index is 2.51. The van der Waals surface area contributed by atoms with Crippen molar-refractivity contribution in [3.63, 3.8) is 0 Å². The van der Waals surface area contributed by atoms with Crippen LogP contribution in [-0.4, -0.2) is 10.2 Å². The number of aromatic nitrogens is 2. The number of hydrogen-bond donors (Lipinski definition) is 1. The maximum atomic E-state index is 5.64. The van der Waals surface area contributed by atoms with Gasteiger partial charge in [0.2, 0.25) is 0 Å². The van der Waals surface area contributed by atoms with E-state index in [2.05, 4.69) is 10.2 Å². The van der Waals surface area contributed by atoms with Crippen molar-refractivity contribution in [2.75, 3.05) is 0 Å². The zero-order valence-corrected chi connectivity index (χ0v) is 7.72. The fourth-order valence-electron chi connectivity index (χ4n) is 1.39. The van der Waals surface area contributed by atoms with Crippen LogP contribution in [0.5, 0.6) is 0 Å². The van der Waals surface area contributed by atoms with E-state index in [9.17, 15) is 0 Å². The van der Waals surface area contributed by atoms with Gasteiger partial charge in [-0.15, -0.1) is 0 Å². The second-order valence-corrected chi connectivity index (χ2v) is 2.97. The lowest BCUT2D eigenvalue weighted by molar-refractivity contribution is 1.02. The Morgan fingerprint density at radius 1 is 1.07 bits per heavy atom. The molecule has 1 aromatic heterocycles. The molecule has 1 heterocycles. The van der Waals surface area contributed by atoms with Crippen LogP contribution in [-0.2, 0) is 6.54 Å². The van der Waals surface area contributed by atoms with Gasteiger partial charge in [-0.3, -0.25) is 0 Å². The molecule has 2 N–H and O–H groups in total. The number of hydrogen-bond acceptors (Lipinski definition) is 3. The second-order valence-electron chi connectivity index (χ2n) is 2.97. The third-order valence-corrected chi connectivity index (χ3v) is 2.09. The number of benzene rings is 1. The van der Waals surface area contributed by atoms with Crippen LogP contribution in [0, 0.1) is 0 Å². The molecule has 2 aromatic rings. The average molecular weight is 185 g/mol. The van der Waals surface area contributed by atoms with Crippen molar-refractivity contribution in [3.05, 3.63) is 48.2 Å². The lowest BCUT2D eigenvalue weighted by atomic mass is 10.0. The molecule has 2 rings (SSSR count). The lowest BCUT2D eigenvalue weighted by Crippen LogP contribution is -1.99. The molecule has 0 aliphatic carbocycles. The molecule has 70 valence electrons. The van der Waals surface area contributed by atoms with E-state index in [4.69, 9.17) is 5.73 Å². The van der Waals surface area contributed by atoms with E-state index in [1.165, 1.54) is 0 Å². The van der Waals surface area contributed by atoms with Gasteiger partial charge < -0.3 is 5.73 Å². The topological polar surface area (TPSA) is 51.8 Å². The van der Waals surface area contributed by atoms with E-state index in [0.717, 1.165) is 16.8 Å². The highest BCUT2D eigenvalue weighted by atomic mass is 15.1. The van der Waals surface area contributed by atoms with Crippen molar-refractivity contribution < 1.29 is 0 Å². The van der Waals surface area contributed by atoms with Crippen LogP contribution in [0.3, 0.4) is 0 Å². The molecule has 0 amide bonds. The maximum Gasteiger partial charge on any atom is 0.0932 e. The van der Waals surface area contributed by atoms with E-state index >= 15 is 0 Å². The van der Waals surface area contributed by atoms with Crippen LogP contribution in [0.25, 0.3) is 11.3 Å². The molecule has 0 aliphatic rings. The largest absolute Gasteiger partial charge is 0.326 e. The SMILES string of the molecule is NCc1ccccc1-c1cccnn1. The Labute approximate surface area is 82.6 Å². The summed E-state index contributed by atoms with van der Waals surface area (Å²) in [7, 11) is 0. The predicted molar refractivity (Wildman–Crippen MR) is 55.4 cm³/mol. The van der Waals surface area contributed by atoms with Crippen molar-refractivity contribution >= 4 is 0 Å². The molecule has 0 unspecified atom stereocenters. The Morgan fingerprint density at radius 3 is 2.64 bits per heavy atom. The Bertz CT molecular complexity index is 412. The molecule has 3 nitrogen and oxygen atoms in total. The van der Waals surface area contributed by atoms with Gasteiger partial charge in [0.25, 0.3) is 0 Å². The van der Waals surface area contributed by atoms with E-state index in [-0.39, 0.29) is 0 Å². The molecule has 0 saturated heterocycles. The summed E-state index contributed by atoms with van der Waals surface area (Å²) >= 11 is 0. The van der Waals surface area contributed by atoms with Gasteiger partial charge in [0, 0.05) is 18.3 Å². The standard InChI is InChI=1S/C11H11N3/c12-8-9-4-1-2-5-10(9)11-6-3-7-13-14-11/h1-7H,8,12H2. The van der Waals surface area contributed by atoms with Gasteiger partial charge in [0.1, 0.15) is 0 Å². The molecule has 0 fully saturated rings. The van der Waals surface area contributed by atoms with Crippen molar-refractivity contribution in [1.82, 2.24) is 10.2 Å². The molecule has 0 spiro atoms. The molecular weight excluding hydrogens is 174 g/mol. The average Bonchev–Trinajstić information content (AvgIpc) is 2.30. The number of nitrogens with two attached hydrogens (primary N) is 1. The summed E-state index contributed by atoms with van der Waals surface area (Å²) in [6.45, 7) is 0.521. The summed E-state index contributed by atoms with van der Waals surface area (Å²) < 4.78 is 0. The first-order valence-electron chi connectivity index (χ1n) is 4.48. The minimum atomic E-state index is 0.521. The van der Waals surface area contributed by atoms with Crippen molar-refractivity contribution in [2.45, 2.75) is 6.54 Å². The molecule has 14 heavy (non-hydrogen) atoms. The van der Waals surface area contributed by atoms with Crippen LogP contribution in [0.15, 0.2) is 42.6 Å². The molecule has 0 aliphatic heterocycles. The first-order chi connectivity index (χ1) is 6.92. The summed E-state index contributed by atoms with van der Waals surface area (Å²) in [6, 6.07) is 11.8. The summed E-state index contributed by atoms with van der Waals surface area (Å²) in [5, 5.41) is 7.90. The zero-order chi connectivity index (χ0) is 9.80. The minimum Gasteiger partial charge on any atom is -0.326 e. The van der Waals surface area contributed by atoms with Crippen LogP contribution in [0.4, 0.5) is 0 Å². The van der Waals surface area contributed by atoms with Crippen molar-refractivity contribution in [1.29, 1.82) is 0 Å². The maximum absolute atomic E-state index is 5.64. The highest BCUT2D eigenvalue weighted by Crippen LogP contribution is 2.19. The van der Waals surface area contributed by atoms with Crippen LogP contribution in [0.2, 0.25) is 0 Å². The first-order valence-corrected chi connectivity index (χ1v) is 4.48. The smallest absolute Gasteiger partial charge is 0.0932 e. The minimum absolute atomic E-state index is 0.521. The second kappa shape index (κ2) is 3.98. The molecule has 0 atom stereocenters. The van der Waals surface area contributed by atoms with E-state index in [1.54, 1.807) is 6.20 Å². The third-order valence-electron chi connectivity index (χ3n) is 2.09. The summed E-state index contributed by atoms with van der Waals surface area (Å²) in [4.78, 5) is 0. The predicted octanol–water partition coefficient (Wildman–Crippen LogP) is 1.60. The van der Waals surface area contributed by atoms with Gasteiger partial charge in [-0.1, -0.05) is 24.3 Å². The summed E-state index contributed by atoms with van der Waals surface area (Å²) in [5.41, 5.74) is 8.66. The van der Waals surface area contributed by atoms with E-state index in [0.29, 0.717) is 6.54 Å². The summed E-state index contributed by atoms with van der Waals surface area (Å²) in [6.07, 6.45) is 1.66. The van der Waals surface area contributed by atoms with Crippen molar-refractivity contribution in [3.8, 4) is 11.3 Å². The van der Waals surface area contributed by atoms with Gasteiger partial charge in [-0.2, -0.15) is 10.2 Å². The fourth-order valence-corrected chi connectivity index (χ4v) is 1.39. The van der Waals surface area contributed by atoms with Gasteiger partial charge in [0.05, 0.1) is 5.69 Å². The molecule has 0 bridgehead atoms. The fraction of sp³-hybridized carbons (Fsp3) is 0.0909. The monoisotopic (exact) mass is 185 g/mol. The Morgan fingerprint density at radius 2 is 1.93 bits per heavy atom. The highest BCUT2D eigenvalue weighted by Gasteiger charge is 2.03. The van der Waals surface area contributed by atoms with Crippen LogP contribution < -0.4 is 5.73 Å². The molecule has 0 radical (unpaired) electrons. The van der Waals surface area contributed by atoms with E-state index < -0.39 is 0 Å². The normalized spacial score (nSPS) is 10.1. The Hall–Kier alpha value is -1.74. The quantitative estimate of drug-likeness (QED) is 0.773. The van der Waals surface area contributed by atoms with E-state index in [1.807, 2.05) is 36.4 Å². The molecule has 0 saturated carbocycles.